The van der Waals surface area contributed by atoms with Gasteiger partial charge in [0.25, 0.3) is 0 Å². The molecule has 30 heavy (non-hydrogen) atoms. The molecule has 2 N–H and O–H groups in total. The second kappa shape index (κ2) is 9.96. The number of rotatable bonds is 6. The van der Waals surface area contributed by atoms with E-state index >= 15 is 0 Å². The highest BCUT2D eigenvalue weighted by Crippen LogP contribution is 2.35. The Morgan fingerprint density at radius 1 is 1.23 bits per heavy atom. The van der Waals surface area contributed by atoms with Gasteiger partial charge >= 0.3 is 6.18 Å². The number of guanidine groups is 1. The van der Waals surface area contributed by atoms with E-state index in [2.05, 4.69) is 10.6 Å². The zero-order valence-electron chi connectivity index (χ0n) is 17.3. The quantitative estimate of drug-likeness (QED) is 0.414. The number of nitrogens with zero attached hydrogens (tertiary/aromatic N) is 2. The fourth-order valence-electron chi connectivity index (χ4n) is 4.20. The van der Waals surface area contributed by atoms with Crippen molar-refractivity contribution in [3.05, 3.63) is 35.6 Å². The number of nitrogens with one attached hydrogen (secondary N) is 2. The predicted octanol–water partition coefficient (Wildman–Crippen LogP) is 3.07. The molecule has 1 unspecified atom stereocenters. The average Bonchev–Trinajstić information content (AvgIpc) is 3.12. The highest BCUT2D eigenvalue weighted by atomic mass is 19.4. The summed E-state index contributed by atoms with van der Waals surface area (Å²) in [6, 6.07) is 6.47. The summed E-state index contributed by atoms with van der Waals surface area (Å²) in [6.07, 6.45) is -1.98. The monoisotopic (exact) mass is 430 g/mol. The number of halogens is 4. The van der Waals surface area contributed by atoms with E-state index < -0.39 is 12.7 Å². The Morgan fingerprint density at radius 3 is 2.57 bits per heavy atom. The van der Waals surface area contributed by atoms with Crippen molar-refractivity contribution in [3.63, 3.8) is 0 Å². The Kier molecular flexibility index (Phi) is 7.57. The molecule has 5 nitrogen and oxygen atoms in total. The predicted molar refractivity (Wildman–Crippen MR) is 108 cm³/mol. The van der Waals surface area contributed by atoms with Gasteiger partial charge in [-0.2, -0.15) is 13.2 Å². The van der Waals surface area contributed by atoms with Crippen LogP contribution in [0.5, 0.6) is 0 Å². The first kappa shape index (κ1) is 22.8. The molecule has 0 aromatic heterocycles. The summed E-state index contributed by atoms with van der Waals surface area (Å²) in [5, 5.41) is 6.49. The molecule has 9 heteroatoms. The van der Waals surface area contributed by atoms with Gasteiger partial charge in [0.1, 0.15) is 5.82 Å². The van der Waals surface area contributed by atoms with Crippen LogP contribution in [0.3, 0.4) is 0 Å². The molecule has 1 aromatic rings. The highest BCUT2D eigenvalue weighted by Gasteiger charge is 2.36. The van der Waals surface area contributed by atoms with Crippen LogP contribution in [0.4, 0.5) is 17.6 Å². The third-order valence-electron chi connectivity index (χ3n) is 5.81. The summed E-state index contributed by atoms with van der Waals surface area (Å²) in [5.74, 6) is 0.327. The van der Waals surface area contributed by atoms with Crippen LogP contribution in [0.25, 0.3) is 0 Å². The minimum atomic E-state index is -4.18. The maximum absolute atomic E-state index is 13.4. The number of ether oxygens (including phenoxy) is 1. The van der Waals surface area contributed by atoms with Crippen molar-refractivity contribution in [2.24, 2.45) is 4.99 Å². The summed E-state index contributed by atoms with van der Waals surface area (Å²) in [7, 11) is 0. The lowest BCUT2D eigenvalue weighted by atomic mass is 9.74. The Morgan fingerprint density at radius 2 is 1.93 bits per heavy atom. The van der Waals surface area contributed by atoms with E-state index in [0.29, 0.717) is 51.8 Å². The molecule has 2 aliphatic heterocycles. The molecule has 1 atom stereocenters. The van der Waals surface area contributed by atoms with Gasteiger partial charge in [-0.3, -0.25) is 9.89 Å². The molecule has 2 saturated heterocycles. The number of likely N-dealkylation sites (tertiary alicyclic amines) is 1. The van der Waals surface area contributed by atoms with Crippen molar-refractivity contribution >= 4 is 5.96 Å². The lowest BCUT2D eigenvalue weighted by Gasteiger charge is -2.36. The van der Waals surface area contributed by atoms with Gasteiger partial charge in [-0.15, -0.1) is 0 Å². The smallest absolute Gasteiger partial charge is 0.381 e. The van der Waals surface area contributed by atoms with Gasteiger partial charge < -0.3 is 15.4 Å². The van der Waals surface area contributed by atoms with Crippen LogP contribution in [-0.4, -0.2) is 69.0 Å². The first-order valence-electron chi connectivity index (χ1n) is 10.5. The summed E-state index contributed by atoms with van der Waals surface area (Å²) >= 11 is 0. The number of hydrogen-bond acceptors (Lipinski definition) is 3. The van der Waals surface area contributed by atoms with Crippen LogP contribution in [-0.2, 0) is 10.2 Å². The van der Waals surface area contributed by atoms with E-state index in [1.165, 1.54) is 17.0 Å². The molecule has 0 saturated carbocycles. The van der Waals surface area contributed by atoms with Crippen LogP contribution >= 0.6 is 0 Å². The number of alkyl halides is 3. The van der Waals surface area contributed by atoms with Gasteiger partial charge in [0.2, 0.25) is 0 Å². The Bertz CT molecular complexity index is 702. The summed E-state index contributed by atoms with van der Waals surface area (Å²) in [6.45, 7) is 4.19. The molecule has 1 aromatic carbocycles. The molecule has 0 spiro atoms. The molecule has 0 bridgehead atoms. The van der Waals surface area contributed by atoms with Crippen molar-refractivity contribution in [1.29, 1.82) is 0 Å². The molecule has 3 rings (SSSR count). The largest absolute Gasteiger partial charge is 0.401 e. The number of aliphatic imine (C=N–C) groups is 1. The lowest BCUT2D eigenvalue weighted by Crippen LogP contribution is -2.46. The van der Waals surface area contributed by atoms with Gasteiger partial charge in [0, 0.05) is 44.3 Å². The first-order chi connectivity index (χ1) is 14.3. The lowest BCUT2D eigenvalue weighted by molar-refractivity contribution is -0.143. The van der Waals surface area contributed by atoms with Crippen LogP contribution in [0.15, 0.2) is 29.3 Å². The van der Waals surface area contributed by atoms with Gasteiger partial charge in [-0.1, -0.05) is 12.1 Å². The maximum Gasteiger partial charge on any atom is 0.401 e. The number of hydrogen-bond donors (Lipinski definition) is 2. The van der Waals surface area contributed by atoms with Crippen molar-refractivity contribution in [2.45, 2.75) is 43.8 Å². The summed E-state index contributed by atoms with van der Waals surface area (Å²) in [5.41, 5.74) is 0.788. The fourth-order valence-corrected chi connectivity index (χ4v) is 4.20. The SMILES string of the molecule is CCNC(=NCC1(c2ccc(F)cc2)CCOCC1)NC1CCN(CC(F)(F)F)C1. The van der Waals surface area contributed by atoms with E-state index in [0.717, 1.165) is 18.4 Å². The van der Waals surface area contributed by atoms with Crippen molar-refractivity contribution < 1.29 is 22.3 Å². The van der Waals surface area contributed by atoms with E-state index in [1.54, 1.807) is 0 Å². The zero-order chi connectivity index (χ0) is 21.6. The van der Waals surface area contributed by atoms with Gasteiger partial charge in [-0.25, -0.2) is 4.39 Å². The maximum atomic E-state index is 13.4. The normalized spacial score (nSPS) is 22.8. The third kappa shape index (κ3) is 6.31. The van der Waals surface area contributed by atoms with Crippen LogP contribution in [0.2, 0.25) is 0 Å². The molecule has 2 aliphatic rings. The standard InChI is InChI=1S/C21H30F4N4O/c1-2-26-19(28-18-7-10-29(13-18)15-21(23,24)25)27-14-20(8-11-30-12-9-20)16-3-5-17(22)6-4-16/h3-6,18H,2,7-15H2,1H3,(H2,26,27,28). The second-order valence-corrected chi connectivity index (χ2v) is 8.07. The fraction of sp³-hybridized carbons (Fsp3) is 0.667. The van der Waals surface area contributed by atoms with E-state index in [-0.39, 0.29) is 17.3 Å². The molecular formula is C21H30F4N4O. The van der Waals surface area contributed by atoms with Crippen LogP contribution < -0.4 is 10.6 Å². The average molecular weight is 430 g/mol. The minimum Gasteiger partial charge on any atom is -0.381 e. The number of benzene rings is 1. The van der Waals surface area contributed by atoms with E-state index in [9.17, 15) is 17.6 Å². The van der Waals surface area contributed by atoms with Crippen molar-refractivity contribution in [3.8, 4) is 0 Å². The minimum absolute atomic E-state index is 0.0818. The molecule has 0 amide bonds. The van der Waals surface area contributed by atoms with Crippen molar-refractivity contribution in [2.75, 3.05) is 45.9 Å². The van der Waals surface area contributed by atoms with Gasteiger partial charge in [0.05, 0.1) is 13.1 Å². The topological polar surface area (TPSA) is 48.9 Å². The molecule has 0 aliphatic carbocycles. The molecule has 168 valence electrons. The summed E-state index contributed by atoms with van der Waals surface area (Å²) in [4.78, 5) is 6.19. The Hall–Kier alpha value is -1.87. The molecule has 0 radical (unpaired) electrons. The molecule has 2 fully saturated rings. The van der Waals surface area contributed by atoms with Gasteiger partial charge in [0.15, 0.2) is 5.96 Å². The highest BCUT2D eigenvalue weighted by molar-refractivity contribution is 5.80. The van der Waals surface area contributed by atoms with Gasteiger partial charge in [-0.05, 0) is 43.9 Å². The summed E-state index contributed by atoms with van der Waals surface area (Å²) < 4.78 is 56.9. The second-order valence-electron chi connectivity index (χ2n) is 8.07. The Labute approximate surface area is 174 Å². The zero-order valence-corrected chi connectivity index (χ0v) is 17.3. The Balaban J connectivity index is 1.68. The van der Waals surface area contributed by atoms with Crippen LogP contribution in [0, 0.1) is 5.82 Å². The van der Waals surface area contributed by atoms with Crippen molar-refractivity contribution in [1.82, 2.24) is 15.5 Å². The third-order valence-corrected chi connectivity index (χ3v) is 5.81. The van der Waals surface area contributed by atoms with Crippen LogP contribution in [0.1, 0.15) is 31.7 Å². The van der Waals surface area contributed by atoms with E-state index in [1.807, 2.05) is 19.1 Å². The molecule has 2 heterocycles. The first-order valence-corrected chi connectivity index (χ1v) is 10.5. The molecular weight excluding hydrogens is 400 g/mol. The van der Waals surface area contributed by atoms with E-state index in [4.69, 9.17) is 9.73 Å².